The zero-order valence-corrected chi connectivity index (χ0v) is 9.18. The minimum Gasteiger partial charge on any atom is -0.355 e. The number of carbonyl (C=O) groups is 1. The Bertz CT molecular complexity index is 182. The maximum absolute atomic E-state index is 11.7. The summed E-state index contributed by atoms with van der Waals surface area (Å²) in [6, 6.07) is 0.0312. The van der Waals surface area contributed by atoms with Gasteiger partial charge in [0.15, 0.2) is 0 Å². The third kappa shape index (κ3) is 2.96. The van der Waals surface area contributed by atoms with Gasteiger partial charge in [-0.05, 0) is 19.9 Å². The quantitative estimate of drug-likeness (QED) is 0.659. The van der Waals surface area contributed by atoms with Crippen molar-refractivity contribution in [2.75, 3.05) is 32.7 Å². The monoisotopic (exact) mass is 199 g/mol. The minimum absolute atomic E-state index is 0.0312. The molecular formula is C10H21N3O. The molecule has 2 N–H and O–H groups in total. The van der Waals surface area contributed by atoms with Crippen molar-refractivity contribution < 1.29 is 4.79 Å². The van der Waals surface area contributed by atoms with E-state index in [1.807, 2.05) is 6.92 Å². The summed E-state index contributed by atoms with van der Waals surface area (Å²) in [6.45, 7) is 8.60. The second kappa shape index (κ2) is 5.98. The molecule has 4 heteroatoms. The average Bonchev–Trinajstić information content (AvgIpc) is 2.19. The van der Waals surface area contributed by atoms with Crippen LogP contribution in [0.25, 0.3) is 0 Å². The molecule has 4 nitrogen and oxygen atoms in total. The van der Waals surface area contributed by atoms with Crippen LogP contribution in [-0.2, 0) is 4.79 Å². The van der Waals surface area contributed by atoms with Crippen molar-refractivity contribution in [3.05, 3.63) is 0 Å². The summed E-state index contributed by atoms with van der Waals surface area (Å²) in [5.41, 5.74) is 0. The first-order valence-electron chi connectivity index (χ1n) is 5.52. The minimum atomic E-state index is 0.0312. The van der Waals surface area contributed by atoms with Crippen molar-refractivity contribution >= 4 is 5.91 Å². The number of hydrogen-bond acceptors (Lipinski definition) is 3. The molecule has 1 aliphatic rings. The van der Waals surface area contributed by atoms with Gasteiger partial charge in [-0.1, -0.05) is 6.92 Å². The zero-order chi connectivity index (χ0) is 10.4. The van der Waals surface area contributed by atoms with E-state index in [0.717, 1.165) is 39.1 Å². The predicted molar refractivity (Wildman–Crippen MR) is 57.2 cm³/mol. The lowest BCUT2D eigenvalue weighted by Gasteiger charge is -2.34. The summed E-state index contributed by atoms with van der Waals surface area (Å²) in [4.78, 5) is 14.0. The van der Waals surface area contributed by atoms with Crippen LogP contribution < -0.4 is 10.6 Å². The molecule has 1 saturated heterocycles. The van der Waals surface area contributed by atoms with Crippen LogP contribution in [0, 0.1) is 0 Å². The van der Waals surface area contributed by atoms with E-state index in [9.17, 15) is 4.79 Å². The lowest BCUT2D eigenvalue weighted by Crippen LogP contribution is -2.57. The molecule has 0 saturated carbocycles. The molecule has 1 heterocycles. The lowest BCUT2D eigenvalue weighted by atomic mass is 10.1. The van der Waals surface area contributed by atoms with Gasteiger partial charge in [0.2, 0.25) is 5.91 Å². The maximum Gasteiger partial charge on any atom is 0.238 e. The molecular weight excluding hydrogens is 178 g/mol. The van der Waals surface area contributed by atoms with E-state index in [-0.39, 0.29) is 11.9 Å². The van der Waals surface area contributed by atoms with Gasteiger partial charge in [-0.3, -0.25) is 9.69 Å². The highest BCUT2D eigenvalue weighted by atomic mass is 16.2. The van der Waals surface area contributed by atoms with Crippen LogP contribution in [0.4, 0.5) is 0 Å². The molecule has 1 rings (SSSR count). The molecule has 1 fully saturated rings. The van der Waals surface area contributed by atoms with Crippen molar-refractivity contribution in [1.29, 1.82) is 0 Å². The fourth-order valence-electron chi connectivity index (χ4n) is 1.85. The summed E-state index contributed by atoms with van der Waals surface area (Å²) >= 11 is 0. The number of nitrogens with one attached hydrogen (secondary N) is 2. The Morgan fingerprint density at radius 3 is 3.00 bits per heavy atom. The number of hydrogen-bond donors (Lipinski definition) is 2. The molecule has 0 aliphatic carbocycles. The van der Waals surface area contributed by atoms with Crippen LogP contribution in [0.3, 0.4) is 0 Å². The number of rotatable bonds is 4. The summed E-state index contributed by atoms with van der Waals surface area (Å²) in [7, 11) is 0. The molecule has 0 aromatic heterocycles. The van der Waals surface area contributed by atoms with E-state index in [0.29, 0.717) is 0 Å². The molecule has 1 atom stereocenters. The van der Waals surface area contributed by atoms with Gasteiger partial charge < -0.3 is 10.6 Å². The second-order valence-electron chi connectivity index (χ2n) is 3.65. The smallest absolute Gasteiger partial charge is 0.238 e. The molecule has 0 aromatic rings. The number of likely N-dealkylation sites (N-methyl/N-ethyl adjacent to an activating group) is 1. The molecule has 0 radical (unpaired) electrons. The highest BCUT2D eigenvalue weighted by molar-refractivity contribution is 5.82. The third-order valence-electron chi connectivity index (χ3n) is 2.52. The van der Waals surface area contributed by atoms with Gasteiger partial charge >= 0.3 is 0 Å². The first kappa shape index (κ1) is 11.5. The fraction of sp³-hybridized carbons (Fsp3) is 0.900. The van der Waals surface area contributed by atoms with E-state index >= 15 is 0 Å². The molecule has 0 aromatic carbocycles. The molecule has 14 heavy (non-hydrogen) atoms. The van der Waals surface area contributed by atoms with E-state index in [4.69, 9.17) is 0 Å². The molecule has 1 aliphatic heterocycles. The van der Waals surface area contributed by atoms with Gasteiger partial charge in [0.1, 0.15) is 6.04 Å². The Balaban J connectivity index is 2.48. The number of piperazine rings is 1. The molecule has 0 spiro atoms. The highest BCUT2D eigenvalue weighted by Crippen LogP contribution is 2.04. The van der Waals surface area contributed by atoms with Gasteiger partial charge in [0, 0.05) is 26.2 Å². The number of carbonyl (C=O) groups excluding carboxylic acids is 1. The van der Waals surface area contributed by atoms with Crippen molar-refractivity contribution in [2.45, 2.75) is 26.3 Å². The zero-order valence-electron chi connectivity index (χ0n) is 9.18. The average molecular weight is 199 g/mol. The Morgan fingerprint density at radius 1 is 1.57 bits per heavy atom. The van der Waals surface area contributed by atoms with Crippen molar-refractivity contribution in [1.82, 2.24) is 15.5 Å². The first-order chi connectivity index (χ1) is 6.79. The Kier molecular flexibility index (Phi) is 4.90. The second-order valence-corrected chi connectivity index (χ2v) is 3.65. The van der Waals surface area contributed by atoms with Gasteiger partial charge in [-0.2, -0.15) is 0 Å². The Labute approximate surface area is 86.0 Å². The van der Waals surface area contributed by atoms with E-state index in [1.165, 1.54) is 0 Å². The van der Waals surface area contributed by atoms with Gasteiger partial charge in [-0.25, -0.2) is 0 Å². The Hall–Kier alpha value is -0.610. The van der Waals surface area contributed by atoms with Crippen molar-refractivity contribution in [2.24, 2.45) is 0 Å². The number of amides is 1. The topological polar surface area (TPSA) is 44.4 Å². The predicted octanol–water partition coefficient (Wildman–Crippen LogP) is -0.194. The third-order valence-corrected chi connectivity index (χ3v) is 2.52. The molecule has 1 unspecified atom stereocenters. The summed E-state index contributed by atoms with van der Waals surface area (Å²) in [5.74, 6) is 0.160. The fourth-order valence-corrected chi connectivity index (χ4v) is 1.85. The summed E-state index contributed by atoms with van der Waals surface area (Å²) in [5, 5.41) is 6.14. The lowest BCUT2D eigenvalue weighted by molar-refractivity contribution is -0.126. The molecule has 1 amide bonds. The van der Waals surface area contributed by atoms with Crippen LogP contribution >= 0.6 is 0 Å². The van der Waals surface area contributed by atoms with E-state index in [1.54, 1.807) is 0 Å². The SMILES string of the molecule is CCCN1CCNCC1C(=O)NCC. The van der Waals surface area contributed by atoms with E-state index in [2.05, 4.69) is 22.5 Å². The number of nitrogens with zero attached hydrogens (tertiary/aromatic N) is 1. The first-order valence-corrected chi connectivity index (χ1v) is 5.52. The highest BCUT2D eigenvalue weighted by Gasteiger charge is 2.26. The van der Waals surface area contributed by atoms with Crippen molar-refractivity contribution in [3.8, 4) is 0 Å². The molecule has 82 valence electrons. The van der Waals surface area contributed by atoms with Crippen LogP contribution in [0.1, 0.15) is 20.3 Å². The van der Waals surface area contributed by atoms with Crippen LogP contribution in [-0.4, -0.2) is 49.6 Å². The van der Waals surface area contributed by atoms with Crippen LogP contribution in [0.2, 0.25) is 0 Å². The van der Waals surface area contributed by atoms with Gasteiger partial charge in [0.25, 0.3) is 0 Å². The normalized spacial score (nSPS) is 23.4. The van der Waals surface area contributed by atoms with Crippen LogP contribution in [0.5, 0.6) is 0 Å². The maximum atomic E-state index is 11.7. The summed E-state index contributed by atoms with van der Waals surface area (Å²) in [6.07, 6.45) is 1.11. The molecule has 0 bridgehead atoms. The van der Waals surface area contributed by atoms with E-state index < -0.39 is 0 Å². The largest absolute Gasteiger partial charge is 0.355 e. The summed E-state index contributed by atoms with van der Waals surface area (Å²) < 4.78 is 0. The standard InChI is InChI=1S/C10H21N3O/c1-3-6-13-7-5-11-8-9(13)10(14)12-4-2/h9,11H,3-8H2,1-2H3,(H,12,14). The van der Waals surface area contributed by atoms with Crippen molar-refractivity contribution in [3.63, 3.8) is 0 Å². The van der Waals surface area contributed by atoms with Crippen LogP contribution in [0.15, 0.2) is 0 Å². The van der Waals surface area contributed by atoms with Gasteiger partial charge in [-0.15, -0.1) is 0 Å². The Morgan fingerprint density at radius 2 is 2.36 bits per heavy atom. The van der Waals surface area contributed by atoms with Gasteiger partial charge in [0.05, 0.1) is 0 Å².